The van der Waals surface area contributed by atoms with E-state index in [0.29, 0.717) is 6.42 Å². The topological polar surface area (TPSA) is 41.1 Å². The van der Waals surface area contributed by atoms with Crippen LogP contribution in [0.25, 0.3) is 0 Å². The molecule has 0 spiro atoms. The molecule has 1 amide bonds. The molecule has 0 radical (unpaired) electrons. The number of amides is 1. The highest BCUT2D eigenvalue weighted by Crippen LogP contribution is 2.17. The van der Waals surface area contributed by atoms with Crippen LogP contribution in [0.1, 0.15) is 35.9 Å². The number of thiophene rings is 1. The van der Waals surface area contributed by atoms with Gasteiger partial charge in [0.1, 0.15) is 0 Å². The lowest BCUT2D eigenvalue weighted by atomic mass is 10.2. The van der Waals surface area contributed by atoms with Gasteiger partial charge in [-0.1, -0.05) is 6.92 Å². The average Bonchev–Trinajstić information content (AvgIpc) is 2.75. The van der Waals surface area contributed by atoms with Crippen molar-refractivity contribution in [1.29, 1.82) is 0 Å². The van der Waals surface area contributed by atoms with E-state index in [1.54, 1.807) is 0 Å². The second kappa shape index (κ2) is 9.11. The van der Waals surface area contributed by atoms with Crippen LogP contribution in [0.3, 0.4) is 0 Å². The van der Waals surface area contributed by atoms with Gasteiger partial charge in [-0.05, 0) is 44.9 Å². The van der Waals surface area contributed by atoms with Crippen LogP contribution in [-0.2, 0) is 11.2 Å². The summed E-state index contributed by atoms with van der Waals surface area (Å²) < 4.78 is 0. The van der Waals surface area contributed by atoms with E-state index in [-0.39, 0.29) is 5.91 Å². The van der Waals surface area contributed by atoms with Crippen molar-refractivity contribution in [2.24, 2.45) is 0 Å². The van der Waals surface area contributed by atoms with Gasteiger partial charge in [0.15, 0.2) is 0 Å². The van der Waals surface area contributed by atoms with Gasteiger partial charge < -0.3 is 10.6 Å². The Balaban J connectivity index is 2.00. The number of rotatable bonds is 9. The van der Waals surface area contributed by atoms with Crippen molar-refractivity contribution in [3.8, 4) is 0 Å². The van der Waals surface area contributed by atoms with Gasteiger partial charge in [0, 0.05) is 29.3 Å². The minimum absolute atomic E-state index is 0.168. The number of nitrogens with one attached hydrogen (secondary N) is 2. The molecular formula is C14H24N2OS. The normalized spacial score (nSPS) is 10.6. The van der Waals surface area contributed by atoms with Crippen LogP contribution in [0.4, 0.5) is 0 Å². The largest absolute Gasteiger partial charge is 0.355 e. The Hall–Kier alpha value is -0.870. The molecule has 0 fully saturated rings. The Morgan fingerprint density at radius 2 is 2.11 bits per heavy atom. The minimum atomic E-state index is 0.168. The van der Waals surface area contributed by atoms with E-state index in [2.05, 4.69) is 36.6 Å². The summed E-state index contributed by atoms with van der Waals surface area (Å²) in [6.45, 7) is 6.87. The highest BCUT2D eigenvalue weighted by molar-refractivity contribution is 7.11. The van der Waals surface area contributed by atoms with Crippen LogP contribution in [0.5, 0.6) is 0 Å². The number of hydrogen-bond acceptors (Lipinski definition) is 3. The smallest absolute Gasteiger partial charge is 0.220 e. The molecule has 4 heteroatoms. The van der Waals surface area contributed by atoms with E-state index in [4.69, 9.17) is 0 Å². The maximum absolute atomic E-state index is 11.5. The molecule has 0 aliphatic rings. The lowest BCUT2D eigenvalue weighted by molar-refractivity contribution is -0.121. The van der Waals surface area contributed by atoms with Crippen LogP contribution in [0, 0.1) is 6.92 Å². The number of aryl methyl sites for hydroxylation is 2. The van der Waals surface area contributed by atoms with Crippen molar-refractivity contribution in [3.63, 3.8) is 0 Å². The van der Waals surface area contributed by atoms with Crippen molar-refractivity contribution >= 4 is 17.2 Å². The van der Waals surface area contributed by atoms with E-state index in [1.807, 2.05) is 11.3 Å². The Morgan fingerprint density at radius 3 is 2.78 bits per heavy atom. The molecule has 0 atom stereocenters. The first-order chi connectivity index (χ1) is 8.72. The van der Waals surface area contributed by atoms with Crippen LogP contribution < -0.4 is 10.6 Å². The van der Waals surface area contributed by atoms with Gasteiger partial charge >= 0.3 is 0 Å². The van der Waals surface area contributed by atoms with E-state index in [1.165, 1.54) is 9.75 Å². The molecule has 1 heterocycles. The third-order valence-electron chi connectivity index (χ3n) is 2.67. The summed E-state index contributed by atoms with van der Waals surface area (Å²) in [5.41, 5.74) is 0. The summed E-state index contributed by atoms with van der Waals surface area (Å²) in [5, 5.41) is 6.20. The molecule has 2 N–H and O–H groups in total. The van der Waals surface area contributed by atoms with Crippen LogP contribution in [0.2, 0.25) is 0 Å². The zero-order chi connectivity index (χ0) is 13.2. The molecule has 0 aliphatic carbocycles. The average molecular weight is 268 g/mol. The third kappa shape index (κ3) is 6.77. The number of hydrogen-bond donors (Lipinski definition) is 2. The molecule has 3 nitrogen and oxygen atoms in total. The standard InChI is InChI=1S/C14H24N2OS/c1-3-9-15-10-11-16-14(17)6-4-5-13-8-7-12(2)18-13/h7-8,15H,3-6,9-11H2,1-2H3,(H,16,17). The predicted octanol–water partition coefficient (Wildman–Crippen LogP) is 2.50. The molecule has 1 aromatic rings. The van der Waals surface area contributed by atoms with Gasteiger partial charge in [-0.2, -0.15) is 0 Å². The van der Waals surface area contributed by atoms with E-state index >= 15 is 0 Å². The summed E-state index contributed by atoms with van der Waals surface area (Å²) in [5.74, 6) is 0.168. The summed E-state index contributed by atoms with van der Waals surface area (Å²) in [6, 6.07) is 4.30. The fourth-order valence-corrected chi connectivity index (χ4v) is 2.66. The summed E-state index contributed by atoms with van der Waals surface area (Å²) in [7, 11) is 0. The Bertz CT molecular complexity index is 349. The summed E-state index contributed by atoms with van der Waals surface area (Å²) >= 11 is 1.82. The minimum Gasteiger partial charge on any atom is -0.355 e. The molecule has 0 aliphatic heterocycles. The maximum Gasteiger partial charge on any atom is 0.220 e. The van der Waals surface area contributed by atoms with Gasteiger partial charge in [0.2, 0.25) is 5.91 Å². The van der Waals surface area contributed by atoms with Crippen molar-refractivity contribution in [1.82, 2.24) is 10.6 Å². The van der Waals surface area contributed by atoms with Gasteiger partial charge in [-0.25, -0.2) is 0 Å². The van der Waals surface area contributed by atoms with Crippen LogP contribution >= 0.6 is 11.3 Å². The Morgan fingerprint density at radius 1 is 1.28 bits per heavy atom. The van der Waals surface area contributed by atoms with Crippen molar-refractivity contribution in [2.75, 3.05) is 19.6 Å². The second-order valence-corrected chi connectivity index (χ2v) is 5.84. The van der Waals surface area contributed by atoms with E-state index in [0.717, 1.165) is 38.9 Å². The predicted molar refractivity (Wildman–Crippen MR) is 78.2 cm³/mol. The van der Waals surface area contributed by atoms with Crippen molar-refractivity contribution in [3.05, 3.63) is 21.9 Å². The zero-order valence-electron chi connectivity index (χ0n) is 11.4. The van der Waals surface area contributed by atoms with E-state index < -0.39 is 0 Å². The summed E-state index contributed by atoms with van der Waals surface area (Å²) in [4.78, 5) is 14.3. The SMILES string of the molecule is CCCNCCNC(=O)CCCc1ccc(C)s1. The van der Waals surface area contributed by atoms with Gasteiger partial charge in [-0.15, -0.1) is 11.3 Å². The highest BCUT2D eigenvalue weighted by Gasteiger charge is 2.02. The molecular weight excluding hydrogens is 244 g/mol. The molecule has 0 saturated heterocycles. The summed E-state index contributed by atoms with van der Waals surface area (Å²) in [6.07, 6.45) is 3.72. The molecule has 0 aromatic carbocycles. The number of carbonyl (C=O) groups is 1. The lowest BCUT2D eigenvalue weighted by Gasteiger charge is -2.05. The first-order valence-electron chi connectivity index (χ1n) is 6.75. The van der Waals surface area contributed by atoms with Gasteiger partial charge in [0.05, 0.1) is 0 Å². The molecule has 0 bridgehead atoms. The van der Waals surface area contributed by atoms with Crippen LogP contribution in [0.15, 0.2) is 12.1 Å². The molecule has 102 valence electrons. The molecule has 18 heavy (non-hydrogen) atoms. The number of carbonyl (C=O) groups excluding carboxylic acids is 1. The zero-order valence-corrected chi connectivity index (χ0v) is 12.2. The van der Waals surface area contributed by atoms with Crippen molar-refractivity contribution in [2.45, 2.75) is 39.5 Å². The highest BCUT2D eigenvalue weighted by atomic mass is 32.1. The molecule has 1 rings (SSSR count). The molecule has 0 unspecified atom stereocenters. The van der Waals surface area contributed by atoms with Crippen molar-refractivity contribution < 1.29 is 4.79 Å². The lowest BCUT2D eigenvalue weighted by Crippen LogP contribution is -2.31. The quantitative estimate of drug-likeness (QED) is 0.676. The molecule has 1 aromatic heterocycles. The first kappa shape index (κ1) is 15.2. The monoisotopic (exact) mass is 268 g/mol. The van der Waals surface area contributed by atoms with Gasteiger partial charge in [-0.3, -0.25) is 4.79 Å². The Kier molecular flexibility index (Phi) is 7.69. The second-order valence-electron chi connectivity index (χ2n) is 4.47. The third-order valence-corrected chi connectivity index (χ3v) is 3.73. The van der Waals surface area contributed by atoms with E-state index in [9.17, 15) is 4.79 Å². The fraction of sp³-hybridized carbons (Fsp3) is 0.643. The fourth-order valence-electron chi connectivity index (χ4n) is 1.72. The van der Waals surface area contributed by atoms with Gasteiger partial charge in [0.25, 0.3) is 0 Å². The molecule has 0 saturated carbocycles. The maximum atomic E-state index is 11.5. The first-order valence-corrected chi connectivity index (χ1v) is 7.56. The Labute approximate surface area is 114 Å². The van der Waals surface area contributed by atoms with Crippen LogP contribution in [-0.4, -0.2) is 25.5 Å².